The lowest BCUT2D eigenvalue weighted by Crippen LogP contribution is -1.91. The van der Waals surface area contributed by atoms with Gasteiger partial charge in [0.2, 0.25) is 0 Å². The van der Waals surface area contributed by atoms with Crippen LogP contribution in [0.3, 0.4) is 0 Å². The number of pyridine rings is 1. The van der Waals surface area contributed by atoms with E-state index in [1.54, 1.807) is 42.7 Å². The maximum atomic E-state index is 6.10. The second-order valence-electron chi connectivity index (χ2n) is 4.25. The Hall–Kier alpha value is -1.97. The summed E-state index contributed by atoms with van der Waals surface area (Å²) in [5, 5.41) is 2.75. The third kappa shape index (κ3) is 2.38. The van der Waals surface area contributed by atoms with E-state index in [4.69, 9.17) is 33.7 Å². The van der Waals surface area contributed by atoms with Crippen molar-refractivity contribution >= 4 is 39.7 Å². The molecule has 0 bridgehead atoms. The van der Waals surface area contributed by atoms with Gasteiger partial charge in [0.15, 0.2) is 0 Å². The van der Waals surface area contributed by atoms with E-state index in [0.717, 1.165) is 10.8 Å². The van der Waals surface area contributed by atoms with Crippen molar-refractivity contribution in [2.45, 2.75) is 0 Å². The summed E-state index contributed by atoms with van der Waals surface area (Å²) in [6.07, 6.45) is 3.40. The summed E-state index contributed by atoms with van der Waals surface area (Å²) in [5.41, 5.74) is 6.62. The fourth-order valence-corrected chi connectivity index (χ4v) is 2.27. The minimum atomic E-state index is 0.489. The molecule has 0 unspecified atom stereocenters. The number of aromatic nitrogens is 1. The molecular weight excluding hydrogens is 295 g/mol. The molecule has 0 radical (unpaired) electrons. The van der Waals surface area contributed by atoms with E-state index < -0.39 is 0 Å². The van der Waals surface area contributed by atoms with E-state index in [9.17, 15) is 0 Å². The summed E-state index contributed by atoms with van der Waals surface area (Å²) in [7, 11) is 0. The fraction of sp³-hybridized carbons (Fsp3) is 0. The van der Waals surface area contributed by atoms with E-state index >= 15 is 0 Å². The normalized spacial score (nSPS) is 10.7. The molecule has 1 heterocycles. The van der Waals surface area contributed by atoms with Gasteiger partial charge in [-0.25, -0.2) is 0 Å². The van der Waals surface area contributed by atoms with Crippen molar-refractivity contribution in [3.05, 3.63) is 58.8 Å². The first-order valence-electron chi connectivity index (χ1n) is 5.90. The van der Waals surface area contributed by atoms with Crippen molar-refractivity contribution in [1.29, 1.82) is 0 Å². The Labute approximate surface area is 125 Å². The van der Waals surface area contributed by atoms with Gasteiger partial charge in [0, 0.05) is 39.9 Å². The van der Waals surface area contributed by atoms with Crippen LogP contribution in [0, 0.1) is 0 Å². The van der Waals surface area contributed by atoms with E-state index in [1.807, 2.05) is 6.07 Å². The van der Waals surface area contributed by atoms with Crippen molar-refractivity contribution in [1.82, 2.24) is 4.98 Å². The van der Waals surface area contributed by atoms with Crippen LogP contribution in [0.4, 0.5) is 5.69 Å². The van der Waals surface area contributed by atoms with E-state index in [1.165, 1.54) is 0 Å². The molecule has 0 saturated carbocycles. The number of hydrogen-bond donors (Lipinski definition) is 1. The van der Waals surface area contributed by atoms with E-state index in [-0.39, 0.29) is 0 Å². The van der Waals surface area contributed by atoms with Crippen LogP contribution >= 0.6 is 23.2 Å². The highest BCUT2D eigenvalue weighted by Crippen LogP contribution is 2.36. The molecule has 0 aliphatic carbocycles. The van der Waals surface area contributed by atoms with Crippen LogP contribution in [-0.4, -0.2) is 4.98 Å². The lowest BCUT2D eigenvalue weighted by molar-refractivity contribution is 0.488. The maximum absolute atomic E-state index is 6.10. The number of nitrogens with two attached hydrogens (primary N) is 1. The summed E-state index contributed by atoms with van der Waals surface area (Å²) >= 11 is 12.1. The van der Waals surface area contributed by atoms with Gasteiger partial charge in [0.1, 0.15) is 11.5 Å². The second-order valence-corrected chi connectivity index (χ2v) is 5.09. The summed E-state index contributed by atoms with van der Waals surface area (Å²) in [6, 6.07) is 10.5. The predicted molar refractivity (Wildman–Crippen MR) is 82.7 cm³/mol. The standard InChI is InChI=1S/C15H10Cl2N2O/c16-9-1-2-12(17)15(7-9)20-14-4-3-13(18)10-5-6-19-8-11(10)14/h1-8H,18H2. The summed E-state index contributed by atoms with van der Waals surface area (Å²) in [4.78, 5) is 4.10. The molecule has 3 rings (SSSR count). The Morgan fingerprint density at radius 3 is 2.65 bits per heavy atom. The lowest BCUT2D eigenvalue weighted by Gasteiger charge is -2.11. The second kappa shape index (κ2) is 5.19. The zero-order valence-electron chi connectivity index (χ0n) is 10.3. The first-order chi connectivity index (χ1) is 9.65. The predicted octanol–water partition coefficient (Wildman–Crippen LogP) is 4.92. The average Bonchev–Trinajstić information content (AvgIpc) is 2.46. The van der Waals surface area contributed by atoms with Crippen LogP contribution in [0.1, 0.15) is 0 Å². The summed E-state index contributed by atoms with van der Waals surface area (Å²) < 4.78 is 5.85. The first-order valence-corrected chi connectivity index (χ1v) is 6.66. The van der Waals surface area contributed by atoms with Crippen molar-refractivity contribution in [3.63, 3.8) is 0 Å². The lowest BCUT2D eigenvalue weighted by atomic mass is 10.1. The molecule has 2 N–H and O–H groups in total. The number of nitrogens with zero attached hydrogens (tertiary/aromatic N) is 1. The van der Waals surface area contributed by atoms with Crippen molar-refractivity contribution in [2.24, 2.45) is 0 Å². The molecule has 0 spiro atoms. The van der Waals surface area contributed by atoms with Crippen LogP contribution in [-0.2, 0) is 0 Å². The van der Waals surface area contributed by atoms with Crippen LogP contribution in [0.5, 0.6) is 11.5 Å². The Bertz CT molecular complexity index is 790. The molecule has 3 aromatic rings. The molecule has 0 fully saturated rings. The van der Waals surface area contributed by atoms with Gasteiger partial charge < -0.3 is 10.5 Å². The summed E-state index contributed by atoms with van der Waals surface area (Å²) in [5.74, 6) is 1.13. The minimum Gasteiger partial charge on any atom is -0.455 e. The van der Waals surface area contributed by atoms with Gasteiger partial charge in [0.05, 0.1) is 5.02 Å². The monoisotopic (exact) mass is 304 g/mol. The zero-order valence-corrected chi connectivity index (χ0v) is 11.8. The van der Waals surface area contributed by atoms with Gasteiger partial charge in [-0.15, -0.1) is 0 Å². The van der Waals surface area contributed by atoms with Gasteiger partial charge in [-0.2, -0.15) is 0 Å². The minimum absolute atomic E-state index is 0.489. The van der Waals surface area contributed by atoms with E-state index in [2.05, 4.69) is 4.98 Å². The van der Waals surface area contributed by atoms with Gasteiger partial charge in [-0.05, 0) is 30.3 Å². The SMILES string of the molecule is Nc1ccc(Oc2cc(Cl)ccc2Cl)c2cnccc12. The number of rotatable bonds is 2. The highest BCUT2D eigenvalue weighted by molar-refractivity contribution is 6.34. The Balaban J connectivity index is 2.11. The number of hydrogen-bond acceptors (Lipinski definition) is 3. The molecule has 3 nitrogen and oxygen atoms in total. The smallest absolute Gasteiger partial charge is 0.147 e. The quantitative estimate of drug-likeness (QED) is 0.684. The molecule has 2 aromatic carbocycles. The van der Waals surface area contributed by atoms with E-state index in [0.29, 0.717) is 27.2 Å². The van der Waals surface area contributed by atoms with Gasteiger partial charge >= 0.3 is 0 Å². The third-order valence-electron chi connectivity index (χ3n) is 2.92. The van der Waals surface area contributed by atoms with Crippen molar-refractivity contribution in [2.75, 3.05) is 5.73 Å². The third-order valence-corrected chi connectivity index (χ3v) is 3.47. The van der Waals surface area contributed by atoms with Crippen LogP contribution in [0.15, 0.2) is 48.8 Å². The molecule has 20 heavy (non-hydrogen) atoms. The number of nitrogen functional groups attached to an aromatic ring is 1. The Kier molecular flexibility index (Phi) is 3.38. The van der Waals surface area contributed by atoms with Crippen LogP contribution in [0.25, 0.3) is 10.8 Å². The number of fused-ring (bicyclic) bond motifs is 1. The first kappa shape index (κ1) is 13.0. The van der Waals surface area contributed by atoms with Crippen molar-refractivity contribution in [3.8, 4) is 11.5 Å². The van der Waals surface area contributed by atoms with Crippen LogP contribution in [0.2, 0.25) is 10.0 Å². The zero-order chi connectivity index (χ0) is 14.1. The van der Waals surface area contributed by atoms with Crippen molar-refractivity contribution < 1.29 is 4.74 Å². The highest BCUT2D eigenvalue weighted by Gasteiger charge is 2.09. The fourth-order valence-electron chi connectivity index (χ4n) is 1.95. The average molecular weight is 305 g/mol. The number of ether oxygens (including phenoxy) is 1. The topological polar surface area (TPSA) is 48.1 Å². The molecule has 1 aromatic heterocycles. The number of halogens is 2. The number of anilines is 1. The Morgan fingerprint density at radius 1 is 0.950 bits per heavy atom. The molecule has 100 valence electrons. The largest absolute Gasteiger partial charge is 0.455 e. The van der Waals surface area contributed by atoms with Crippen LogP contribution < -0.4 is 10.5 Å². The molecular formula is C15H10Cl2N2O. The van der Waals surface area contributed by atoms with Gasteiger partial charge in [0.25, 0.3) is 0 Å². The van der Waals surface area contributed by atoms with Gasteiger partial charge in [-0.3, -0.25) is 4.98 Å². The summed E-state index contributed by atoms with van der Waals surface area (Å²) in [6.45, 7) is 0. The highest BCUT2D eigenvalue weighted by atomic mass is 35.5. The molecule has 0 saturated heterocycles. The molecule has 5 heteroatoms. The molecule has 0 aliphatic heterocycles. The molecule has 0 aliphatic rings. The molecule has 0 atom stereocenters. The maximum Gasteiger partial charge on any atom is 0.147 e. The van der Waals surface area contributed by atoms with Gasteiger partial charge in [-0.1, -0.05) is 23.2 Å². The number of benzene rings is 2. The molecule has 0 amide bonds. The Morgan fingerprint density at radius 2 is 1.80 bits per heavy atom.